The predicted molar refractivity (Wildman–Crippen MR) is 108 cm³/mol. The van der Waals surface area contributed by atoms with E-state index in [-0.39, 0.29) is 5.41 Å². The molecule has 0 unspecified atom stereocenters. The van der Waals surface area contributed by atoms with Crippen molar-refractivity contribution in [2.75, 3.05) is 5.32 Å². The number of fused-ring (bicyclic) bond motifs is 1. The molecule has 0 aliphatic heterocycles. The highest BCUT2D eigenvalue weighted by Crippen LogP contribution is 2.30. The standard InChI is InChI=1S/C20H19ClN6/c1-20(2,3)18-25-19(27-26-18)24-17-13-9-5-7-11-15(13)22-16(23-17)12-8-4-6-10-14(12)21/h4-11H,1-3H3,(H2,22,23,24,25,26,27). The molecule has 136 valence electrons. The van der Waals surface area contributed by atoms with Crippen LogP contribution in [0.4, 0.5) is 11.8 Å². The molecule has 0 atom stereocenters. The highest BCUT2D eigenvalue weighted by Gasteiger charge is 2.19. The number of H-pyrrole nitrogens is 1. The van der Waals surface area contributed by atoms with Crippen LogP contribution in [0.15, 0.2) is 48.5 Å². The summed E-state index contributed by atoms with van der Waals surface area (Å²) in [5, 5.41) is 12.0. The molecule has 0 aliphatic rings. The van der Waals surface area contributed by atoms with E-state index in [2.05, 4.69) is 46.3 Å². The number of aromatic nitrogens is 5. The molecule has 0 saturated heterocycles. The molecule has 0 fully saturated rings. The number of nitrogens with one attached hydrogen (secondary N) is 2. The van der Waals surface area contributed by atoms with Crippen molar-refractivity contribution in [3.05, 3.63) is 59.4 Å². The quantitative estimate of drug-likeness (QED) is 0.517. The normalized spacial score (nSPS) is 11.7. The average molecular weight is 379 g/mol. The number of para-hydroxylation sites is 1. The van der Waals surface area contributed by atoms with Crippen molar-refractivity contribution in [3.8, 4) is 11.4 Å². The van der Waals surface area contributed by atoms with Gasteiger partial charge in [0, 0.05) is 16.4 Å². The molecule has 4 aromatic rings. The third kappa shape index (κ3) is 3.48. The van der Waals surface area contributed by atoms with E-state index in [1.807, 2.05) is 48.5 Å². The smallest absolute Gasteiger partial charge is 0.247 e. The molecule has 2 aromatic heterocycles. The summed E-state index contributed by atoms with van der Waals surface area (Å²) in [6.07, 6.45) is 0. The Morgan fingerprint density at radius 1 is 0.926 bits per heavy atom. The molecule has 2 aromatic carbocycles. The maximum atomic E-state index is 6.35. The minimum atomic E-state index is -0.122. The van der Waals surface area contributed by atoms with Crippen molar-refractivity contribution >= 4 is 34.3 Å². The Hall–Kier alpha value is -2.99. The van der Waals surface area contributed by atoms with E-state index in [1.54, 1.807) is 0 Å². The van der Waals surface area contributed by atoms with Gasteiger partial charge in [-0.15, -0.1) is 5.10 Å². The minimum Gasteiger partial charge on any atom is -0.307 e. The van der Waals surface area contributed by atoms with Crippen molar-refractivity contribution in [3.63, 3.8) is 0 Å². The Morgan fingerprint density at radius 3 is 2.41 bits per heavy atom. The van der Waals surface area contributed by atoms with Crippen LogP contribution in [0, 0.1) is 0 Å². The van der Waals surface area contributed by atoms with Gasteiger partial charge in [-0.05, 0) is 24.3 Å². The first-order valence-corrected chi connectivity index (χ1v) is 9.01. The maximum absolute atomic E-state index is 6.35. The van der Waals surface area contributed by atoms with E-state index in [0.717, 1.165) is 22.3 Å². The third-order valence-electron chi connectivity index (χ3n) is 4.14. The van der Waals surface area contributed by atoms with Gasteiger partial charge in [0.1, 0.15) is 11.6 Å². The lowest BCUT2D eigenvalue weighted by atomic mass is 9.96. The number of halogens is 1. The van der Waals surface area contributed by atoms with Crippen LogP contribution < -0.4 is 5.32 Å². The highest BCUT2D eigenvalue weighted by molar-refractivity contribution is 6.33. The van der Waals surface area contributed by atoms with Gasteiger partial charge in [-0.25, -0.2) is 9.97 Å². The molecule has 7 heteroatoms. The molecule has 0 aliphatic carbocycles. The zero-order valence-corrected chi connectivity index (χ0v) is 16.0. The SMILES string of the molecule is CC(C)(C)c1nc(Nc2nc(-c3ccccc3Cl)nc3ccccc23)n[nH]1. The molecule has 6 nitrogen and oxygen atoms in total. The van der Waals surface area contributed by atoms with Crippen LogP contribution in [-0.4, -0.2) is 25.1 Å². The lowest BCUT2D eigenvalue weighted by molar-refractivity contribution is 0.548. The number of nitrogens with zero attached hydrogens (tertiary/aromatic N) is 4. The molecular weight excluding hydrogens is 360 g/mol. The highest BCUT2D eigenvalue weighted by atomic mass is 35.5. The zero-order valence-electron chi connectivity index (χ0n) is 15.3. The van der Waals surface area contributed by atoms with Crippen LogP contribution in [0.5, 0.6) is 0 Å². The minimum absolute atomic E-state index is 0.122. The first-order chi connectivity index (χ1) is 12.9. The molecule has 2 N–H and O–H groups in total. The zero-order chi connectivity index (χ0) is 19.0. The maximum Gasteiger partial charge on any atom is 0.247 e. The lowest BCUT2D eigenvalue weighted by Gasteiger charge is -2.13. The van der Waals surface area contributed by atoms with E-state index in [4.69, 9.17) is 16.6 Å². The Labute approximate surface area is 162 Å². The Morgan fingerprint density at radius 2 is 1.67 bits per heavy atom. The largest absolute Gasteiger partial charge is 0.307 e. The second kappa shape index (κ2) is 6.63. The van der Waals surface area contributed by atoms with Gasteiger partial charge in [-0.1, -0.05) is 56.6 Å². The van der Waals surface area contributed by atoms with E-state index in [0.29, 0.717) is 22.6 Å². The molecule has 4 rings (SSSR count). The van der Waals surface area contributed by atoms with Gasteiger partial charge in [0.15, 0.2) is 5.82 Å². The summed E-state index contributed by atoms with van der Waals surface area (Å²) in [6.45, 7) is 6.23. The van der Waals surface area contributed by atoms with Crippen LogP contribution >= 0.6 is 11.6 Å². The summed E-state index contributed by atoms with van der Waals surface area (Å²) in [5.74, 6) is 2.45. The molecule has 2 heterocycles. The summed E-state index contributed by atoms with van der Waals surface area (Å²) in [4.78, 5) is 13.9. The van der Waals surface area contributed by atoms with Gasteiger partial charge in [-0.3, -0.25) is 5.10 Å². The molecular formula is C20H19ClN6. The van der Waals surface area contributed by atoms with Crippen molar-refractivity contribution in [2.24, 2.45) is 0 Å². The Kier molecular flexibility index (Phi) is 4.28. The lowest BCUT2D eigenvalue weighted by Crippen LogP contribution is -2.13. The second-order valence-electron chi connectivity index (χ2n) is 7.28. The van der Waals surface area contributed by atoms with Crippen molar-refractivity contribution < 1.29 is 0 Å². The summed E-state index contributed by atoms with van der Waals surface area (Å²) in [7, 11) is 0. The van der Waals surface area contributed by atoms with E-state index >= 15 is 0 Å². The predicted octanol–water partition coefficient (Wildman–Crippen LogP) is 5.11. The van der Waals surface area contributed by atoms with Crippen LogP contribution in [0.1, 0.15) is 26.6 Å². The van der Waals surface area contributed by atoms with E-state index in [1.165, 1.54) is 0 Å². The van der Waals surface area contributed by atoms with Gasteiger partial charge in [0.2, 0.25) is 5.95 Å². The van der Waals surface area contributed by atoms with E-state index < -0.39 is 0 Å². The van der Waals surface area contributed by atoms with Crippen molar-refractivity contribution in [1.29, 1.82) is 0 Å². The summed E-state index contributed by atoms with van der Waals surface area (Å²) in [5.41, 5.74) is 1.47. The summed E-state index contributed by atoms with van der Waals surface area (Å²) >= 11 is 6.35. The monoisotopic (exact) mass is 378 g/mol. The first-order valence-electron chi connectivity index (χ1n) is 8.63. The number of hydrogen-bond donors (Lipinski definition) is 2. The fraction of sp³-hybridized carbons (Fsp3) is 0.200. The fourth-order valence-electron chi connectivity index (χ4n) is 2.69. The van der Waals surface area contributed by atoms with Crippen LogP contribution in [0.25, 0.3) is 22.3 Å². The van der Waals surface area contributed by atoms with Crippen LogP contribution in [0.3, 0.4) is 0 Å². The molecule has 27 heavy (non-hydrogen) atoms. The topological polar surface area (TPSA) is 79.4 Å². The van der Waals surface area contributed by atoms with Crippen molar-refractivity contribution in [1.82, 2.24) is 25.1 Å². The van der Waals surface area contributed by atoms with Gasteiger partial charge in [0.25, 0.3) is 0 Å². The van der Waals surface area contributed by atoms with E-state index in [9.17, 15) is 0 Å². The number of anilines is 2. The van der Waals surface area contributed by atoms with Crippen LogP contribution in [-0.2, 0) is 5.41 Å². The molecule has 0 saturated carbocycles. The molecule has 0 amide bonds. The van der Waals surface area contributed by atoms with Gasteiger partial charge in [0.05, 0.1) is 10.5 Å². The fourth-order valence-corrected chi connectivity index (χ4v) is 2.91. The molecule has 0 bridgehead atoms. The number of rotatable bonds is 3. The van der Waals surface area contributed by atoms with Gasteiger partial charge >= 0.3 is 0 Å². The Balaban J connectivity index is 1.82. The summed E-state index contributed by atoms with van der Waals surface area (Å²) < 4.78 is 0. The average Bonchev–Trinajstić information content (AvgIpc) is 3.11. The van der Waals surface area contributed by atoms with Crippen molar-refractivity contribution in [2.45, 2.75) is 26.2 Å². The third-order valence-corrected chi connectivity index (χ3v) is 4.47. The number of hydrogen-bond acceptors (Lipinski definition) is 5. The van der Waals surface area contributed by atoms with Crippen LogP contribution in [0.2, 0.25) is 5.02 Å². The van der Waals surface area contributed by atoms with Gasteiger partial charge in [-0.2, -0.15) is 4.98 Å². The number of aromatic amines is 1. The molecule has 0 spiro atoms. The number of benzene rings is 2. The van der Waals surface area contributed by atoms with Gasteiger partial charge < -0.3 is 5.32 Å². The first kappa shape index (κ1) is 17.4. The summed E-state index contributed by atoms with van der Waals surface area (Å²) in [6, 6.07) is 15.3. The Bertz CT molecular complexity index is 1110. The molecule has 0 radical (unpaired) electrons. The second-order valence-corrected chi connectivity index (χ2v) is 7.68.